The van der Waals surface area contributed by atoms with Gasteiger partial charge in [-0.2, -0.15) is 4.31 Å². The number of rotatable bonds is 8. The van der Waals surface area contributed by atoms with Crippen LogP contribution in [0.3, 0.4) is 0 Å². The molecule has 0 unspecified atom stereocenters. The molecule has 0 aliphatic rings. The molecular weight excluding hydrogens is 398 g/mol. The summed E-state index contributed by atoms with van der Waals surface area (Å²) >= 11 is 3.25. The summed E-state index contributed by atoms with van der Waals surface area (Å²) in [6.45, 7) is 3.90. The fourth-order valence-electron chi connectivity index (χ4n) is 1.96. The molecule has 0 saturated carbocycles. The lowest BCUT2D eigenvalue weighted by Gasteiger charge is -2.23. The summed E-state index contributed by atoms with van der Waals surface area (Å²) in [5.74, 6) is -0.696. The molecule has 0 atom stereocenters. The molecule has 0 heterocycles. The number of carbonyl (C=O) groups excluding carboxylic acids is 2. The molecule has 2 amide bonds. The standard InChI is InChI=1S/C15H22BrN3O4S/c1-4-17-14(20)10-19(5-2)15(21)11-18(3)24(22,23)13-8-6-12(16)7-9-13/h6-9H,4-5,10-11H2,1-3H3,(H,17,20). The second kappa shape index (κ2) is 9.14. The van der Waals surface area contributed by atoms with Gasteiger partial charge in [-0.25, -0.2) is 8.42 Å². The largest absolute Gasteiger partial charge is 0.355 e. The van der Waals surface area contributed by atoms with Crippen molar-refractivity contribution in [1.82, 2.24) is 14.5 Å². The monoisotopic (exact) mass is 419 g/mol. The van der Waals surface area contributed by atoms with E-state index < -0.39 is 15.9 Å². The van der Waals surface area contributed by atoms with E-state index in [9.17, 15) is 18.0 Å². The lowest BCUT2D eigenvalue weighted by Crippen LogP contribution is -2.45. The highest BCUT2D eigenvalue weighted by molar-refractivity contribution is 9.10. The van der Waals surface area contributed by atoms with Gasteiger partial charge in [0.05, 0.1) is 18.0 Å². The lowest BCUT2D eigenvalue weighted by molar-refractivity contribution is -0.135. The first-order valence-corrected chi connectivity index (χ1v) is 9.72. The van der Waals surface area contributed by atoms with Gasteiger partial charge in [-0.1, -0.05) is 15.9 Å². The van der Waals surface area contributed by atoms with E-state index in [4.69, 9.17) is 0 Å². The highest BCUT2D eigenvalue weighted by Gasteiger charge is 2.25. The first kappa shape index (κ1) is 20.6. The molecule has 9 heteroatoms. The smallest absolute Gasteiger partial charge is 0.243 e. The second-order valence-electron chi connectivity index (χ2n) is 5.08. The first-order valence-electron chi connectivity index (χ1n) is 7.48. The van der Waals surface area contributed by atoms with Gasteiger partial charge in [0, 0.05) is 24.6 Å². The number of likely N-dealkylation sites (N-methyl/N-ethyl adjacent to an activating group) is 3. The average Bonchev–Trinajstić information content (AvgIpc) is 2.53. The van der Waals surface area contributed by atoms with Gasteiger partial charge in [-0.15, -0.1) is 0 Å². The number of halogens is 1. The van der Waals surface area contributed by atoms with Crippen LogP contribution in [0.25, 0.3) is 0 Å². The van der Waals surface area contributed by atoms with Crippen LogP contribution >= 0.6 is 15.9 Å². The maximum absolute atomic E-state index is 12.5. The van der Waals surface area contributed by atoms with E-state index >= 15 is 0 Å². The molecular formula is C15H22BrN3O4S. The van der Waals surface area contributed by atoms with Gasteiger partial charge >= 0.3 is 0 Å². The molecule has 1 aromatic rings. The van der Waals surface area contributed by atoms with Crippen molar-refractivity contribution in [3.8, 4) is 0 Å². The van der Waals surface area contributed by atoms with E-state index in [1.165, 1.54) is 24.1 Å². The Morgan fingerprint density at radius 2 is 1.71 bits per heavy atom. The van der Waals surface area contributed by atoms with Crippen LogP contribution in [-0.4, -0.2) is 62.7 Å². The molecule has 0 saturated heterocycles. The Kier molecular flexibility index (Phi) is 7.85. The van der Waals surface area contributed by atoms with E-state index in [0.717, 1.165) is 8.78 Å². The maximum atomic E-state index is 12.5. The summed E-state index contributed by atoms with van der Waals surface area (Å²) < 4.78 is 26.7. The fraction of sp³-hybridized carbons (Fsp3) is 0.467. The van der Waals surface area contributed by atoms with E-state index in [0.29, 0.717) is 13.1 Å². The number of carbonyl (C=O) groups is 2. The quantitative estimate of drug-likeness (QED) is 0.682. The molecule has 0 aliphatic carbocycles. The molecule has 134 valence electrons. The van der Waals surface area contributed by atoms with Gasteiger partial charge in [-0.3, -0.25) is 9.59 Å². The van der Waals surface area contributed by atoms with Gasteiger partial charge in [0.15, 0.2) is 0 Å². The molecule has 0 fully saturated rings. The van der Waals surface area contributed by atoms with Crippen LogP contribution in [0.1, 0.15) is 13.8 Å². The van der Waals surface area contributed by atoms with Crippen molar-refractivity contribution in [2.75, 3.05) is 33.2 Å². The van der Waals surface area contributed by atoms with E-state index in [1.807, 2.05) is 0 Å². The normalized spacial score (nSPS) is 11.4. The Labute approximate surface area is 151 Å². The molecule has 0 aromatic heterocycles. The third-order valence-corrected chi connectivity index (χ3v) is 5.67. The molecule has 24 heavy (non-hydrogen) atoms. The number of sulfonamides is 1. The summed E-state index contributed by atoms with van der Waals surface area (Å²) in [7, 11) is -2.42. The SMILES string of the molecule is CCNC(=O)CN(CC)C(=O)CN(C)S(=O)(=O)c1ccc(Br)cc1. The molecule has 0 bridgehead atoms. The average molecular weight is 420 g/mol. The van der Waals surface area contributed by atoms with Crippen molar-refractivity contribution in [2.24, 2.45) is 0 Å². The predicted molar refractivity (Wildman–Crippen MR) is 94.9 cm³/mol. The minimum atomic E-state index is -3.77. The van der Waals surface area contributed by atoms with Gasteiger partial charge in [0.2, 0.25) is 21.8 Å². The van der Waals surface area contributed by atoms with Crippen molar-refractivity contribution in [1.29, 1.82) is 0 Å². The van der Waals surface area contributed by atoms with Crippen LogP contribution in [0.5, 0.6) is 0 Å². The van der Waals surface area contributed by atoms with E-state index in [1.54, 1.807) is 26.0 Å². The van der Waals surface area contributed by atoms with E-state index in [-0.39, 0.29) is 23.9 Å². The number of nitrogens with one attached hydrogen (secondary N) is 1. The summed E-state index contributed by atoms with van der Waals surface area (Å²) in [5.41, 5.74) is 0. The van der Waals surface area contributed by atoms with Crippen LogP contribution < -0.4 is 5.32 Å². The second-order valence-corrected chi connectivity index (χ2v) is 8.04. The van der Waals surface area contributed by atoms with Crippen LogP contribution in [0.4, 0.5) is 0 Å². The molecule has 1 rings (SSSR count). The summed E-state index contributed by atoms with van der Waals surface area (Å²) in [6, 6.07) is 6.17. The number of amides is 2. The van der Waals surface area contributed by atoms with Crippen LogP contribution in [0.2, 0.25) is 0 Å². The zero-order valence-corrected chi connectivity index (χ0v) is 16.4. The topological polar surface area (TPSA) is 86.8 Å². The van der Waals surface area contributed by atoms with E-state index in [2.05, 4.69) is 21.2 Å². The minimum absolute atomic E-state index is 0.0880. The Morgan fingerprint density at radius 1 is 1.12 bits per heavy atom. The number of nitrogens with zero attached hydrogens (tertiary/aromatic N) is 2. The highest BCUT2D eigenvalue weighted by Crippen LogP contribution is 2.17. The molecule has 1 N–H and O–H groups in total. The molecule has 1 aromatic carbocycles. The maximum Gasteiger partial charge on any atom is 0.243 e. The van der Waals surface area contributed by atoms with Crippen molar-refractivity contribution < 1.29 is 18.0 Å². The minimum Gasteiger partial charge on any atom is -0.355 e. The summed E-state index contributed by atoms with van der Waals surface area (Å²) in [6.07, 6.45) is 0. The first-order chi connectivity index (χ1) is 11.2. The summed E-state index contributed by atoms with van der Waals surface area (Å²) in [5, 5.41) is 2.61. The van der Waals surface area contributed by atoms with Gasteiger partial charge in [0.25, 0.3) is 0 Å². The third kappa shape index (κ3) is 5.57. The molecule has 0 radical (unpaired) electrons. The number of hydrogen-bond acceptors (Lipinski definition) is 4. The van der Waals surface area contributed by atoms with Gasteiger partial charge in [-0.05, 0) is 38.1 Å². The Morgan fingerprint density at radius 3 is 2.21 bits per heavy atom. The van der Waals surface area contributed by atoms with Gasteiger partial charge < -0.3 is 10.2 Å². The zero-order valence-electron chi connectivity index (χ0n) is 14.0. The van der Waals surface area contributed by atoms with Crippen LogP contribution in [0.15, 0.2) is 33.6 Å². The summed E-state index contributed by atoms with van der Waals surface area (Å²) in [4.78, 5) is 25.3. The Hall–Kier alpha value is -1.45. The van der Waals surface area contributed by atoms with Crippen molar-refractivity contribution in [2.45, 2.75) is 18.7 Å². The number of benzene rings is 1. The molecule has 0 aliphatic heterocycles. The molecule has 0 spiro atoms. The Balaban J connectivity index is 2.80. The molecule has 7 nitrogen and oxygen atoms in total. The Bertz CT molecular complexity index is 676. The number of hydrogen-bond donors (Lipinski definition) is 1. The highest BCUT2D eigenvalue weighted by atomic mass is 79.9. The van der Waals surface area contributed by atoms with Crippen LogP contribution in [0, 0.1) is 0 Å². The van der Waals surface area contributed by atoms with Crippen molar-refractivity contribution in [3.63, 3.8) is 0 Å². The van der Waals surface area contributed by atoms with Crippen molar-refractivity contribution >= 4 is 37.8 Å². The van der Waals surface area contributed by atoms with Crippen LogP contribution in [-0.2, 0) is 19.6 Å². The van der Waals surface area contributed by atoms with Crippen molar-refractivity contribution in [3.05, 3.63) is 28.7 Å². The van der Waals surface area contributed by atoms with Gasteiger partial charge in [0.1, 0.15) is 0 Å². The third-order valence-electron chi connectivity index (χ3n) is 3.32. The zero-order chi connectivity index (χ0) is 18.3. The fourth-order valence-corrected chi connectivity index (χ4v) is 3.35. The lowest BCUT2D eigenvalue weighted by atomic mass is 10.4. The predicted octanol–water partition coefficient (Wildman–Crippen LogP) is 1.05.